The molecule has 0 bridgehead atoms. The highest BCUT2D eigenvalue weighted by molar-refractivity contribution is 7.91. The first-order valence-corrected chi connectivity index (χ1v) is 9.11. The van der Waals surface area contributed by atoms with Crippen LogP contribution in [-0.4, -0.2) is 58.0 Å². The zero-order chi connectivity index (χ0) is 16.2. The van der Waals surface area contributed by atoms with E-state index in [0.29, 0.717) is 19.5 Å². The molecule has 124 valence electrons. The third kappa shape index (κ3) is 4.74. The van der Waals surface area contributed by atoms with Crippen LogP contribution in [0.1, 0.15) is 18.2 Å². The van der Waals surface area contributed by atoms with Crippen LogP contribution in [-0.2, 0) is 9.84 Å². The number of hydrogen-bond acceptors (Lipinski definition) is 5. The summed E-state index contributed by atoms with van der Waals surface area (Å²) in [7, 11) is 0.925. The van der Waals surface area contributed by atoms with Crippen LogP contribution in [0.4, 0.5) is 4.79 Å². The Labute approximate surface area is 131 Å². The van der Waals surface area contributed by atoms with Crippen LogP contribution in [0.5, 0.6) is 0 Å². The molecule has 2 heterocycles. The van der Waals surface area contributed by atoms with E-state index in [0.717, 1.165) is 5.76 Å². The number of furan rings is 1. The van der Waals surface area contributed by atoms with Crippen LogP contribution in [0.25, 0.3) is 0 Å². The Morgan fingerprint density at radius 2 is 2.23 bits per heavy atom. The average molecular weight is 329 g/mol. The van der Waals surface area contributed by atoms with Crippen LogP contribution in [0.2, 0.25) is 0 Å². The molecular formula is C14H23N3O4S. The standard InChI is InChI=1S/C14H23N3O4S/c1-17(2)12(13-4-3-6-21-13)9-16-14(18)15-8-11-5-7-22(19,20)10-11/h3-4,6,11-12H,5,7-10H2,1-2H3,(H2,15,16,18)/t11-,12-/m0/s1. The minimum Gasteiger partial charge on any atom is -0.468 e. The number of nitrogens with zero attached hydrogens (tertiary/aromatic N) is 1. The van der Waals surface area contributed by atoms with Crippen molar-refractivity contribution in [2.45, 2.75) is 12.5 Å². The van der Waals surface area contributed by atoms with E-state index in [1.165, 1.54) is 0 Å². The Morgan fingerprint density at radius 1 is 1.45 bits per heavy atom. The van der Waals surface area contributed by atoms with E-state index in [-0.39, 0.29) is 29.5 Å². The molecule has 1 aromatic heterocycles. The van der Waals surface area contributed by atoms with Crippen molar-refractivity contribution in [2.75, 3.05) is 38.7 Å². The molecule has 0 aromatic carbocycles. The van der Waals surface area contributed by atoms with E-state index in [2.05, 4.69) is 10.6 Å². The van der Waals surface area contributed by atoms with Gasteiger partial charge in [0.25, 0.3) is 0 Å². The number of urea groups is 1. The molecule has 7 nitrogen and oxygen atoms in total. The smallest absolute Gasteiger partial charge is 0.314 e. The molecule has 8 heteroatoms. The van der Waals surface area contributed by atoms with Crippen LogP contribution < -0.4 is 10.6 Å². The van der Waals surface area contributed by atoms with Crippen LogP contribution >= 0.6 is 0 Å². The van der Waals surface area contributed by atoms with Gasteiger partial charge in [0.15, 0.2) is 9.84 Å². The molecule has 1 saturated heterocycles. The Hall–Kier alpha value is -1.54. The highest BCUT2D eigenvalue weighted by Gasteiger charge is 2.28. The number of hydrogen-bond donors (Lipinski definition) is 2. The van der Waals surface area contributed by atoms with Crippen LogP contribution in [0.15, 0.2) is 22.8 Å². The summed E-state index contributed by atoms with van der Waals surface area (Å²) in [5.41, 5.74) is 0. The van der Waals surface area contributed by atoms with Crippen molar-refractivity contribution in [3.8, 4) is 0 Å². The maximum atomic E-state index is 11.8. The van der Waals surface area contributed by atoms with Gasteiger partial charge in [-0.05, 0) is 38.6 Å². The molecule has 1 aliphatic heterocycles. The van der Waals surface area contributed by atoms with Crippen molar-refractivity contribution in [2.24, 2.45) is 5.92 Å². The summed E-state index contributed by atoms with van der Waals surface area (Å²) < 4.78 is 28.1. The lowest BCUT2D eigenvalue weighted by molar-refractivity contribution is 0.224. The van der Waals surface area contributed by atoms with Gasteiger partial charge in [0, 0.05) is 13.1 Å². The Morgan fingerprint density at radius 3 is 2.77 bits per heavy atom. The summed E-state index contributed by atoms with van der Waals surface area (Å²) >= 11 is 0. The van der Waals surface area contributed by atoms with Crippen molar-refractivity contribution in [3.63, 3.8) is 0 Å². The van der Waals surface area contributed by atoms with Gasteiger partial charge in [-0.3, -0.25) is 4.90 Å². The van der Waals surface area contributed by atoms with Gasteiger partial charge >= 0.3 is 6.03 Å². The second-order valence-corrected chi connectivity index (χ2v) is 8.08. The number of likely N-dealkylation sites (N-methyl/N-ethyl adjacent to an activating group) is 1. The van der Waals surface area contributed by atoms with Crippen molar-refractivity contribution in [1.29, 1.82) is 0 Å². The van der Waals surface area contributed by atoms with Gasteiger partial charge < -0.3 is 15.1 Å². The summed E-state index contributed by atoms with van der Waals surface area (Å²) in [5, 5.41) is 5.53. The van der Waals surface area contributed by atoms with Gasteiger partial charge in [-0.1, -0.05) is 0 Å². The van der Waals surface area contributed by atoms with Gasteiger partial charge in [-0.2, -0.15) is 0 Å². The number of carbonyl (C=O) groups excluding carboxylic acids is 1. The van der Waals surface area contributed by atoms with Crippen LogP contribution in [0, 0.1) is 5.92 Å². The van der Waals surface area contributed by atoms with Gasteiger partial charge in [0.05, 0.1) is 23.8 Å². The molecule has 0 aliphatic carbocycles. The number of amides is 2. The first-order chi connectivity index (χ1) is 10.4. The second kappa shape index (κ2) is 7.15. The molecule has 2 rings (SSSR count). The number of rotatable bonds is 6. The maximum absolute atomic E-state index is 11.8. The third-order valence-corrected chi connectivity index (χ3v) is 5.67. The molecule has 0 spiro atoms. The molecule has 22 heavy (non-hydrogen) atoms. The van der Waals surface area contributed by atoms with Crippen molar-refractivity contribution in [3.05, 3.63) is 24.2 Å². The fourth-order valence-corrected chi connectivity index (χ4v) is 4.40. The lowest BCUT2D eigenvalue weighted by atomic mass is 10.1. The van der Waals surface area contributed by atoms with Gasteiger partial charge in [0.1, 0.15) is 5.76 Å². The van der Waals surface area contributed by atoms with E-state index in [9.17, 15) is 13.2 Å². The molecule has 1 fully saturated rings. The molecule has 2 amide bonds. The number of nitrogens with one attached hydrogen (secondary N) is 2. The fourth-order valence-electron chi connectivity index (χ4n) is 2.54. The van der Waals surface area contributed by atoms with Gasteiger partial charge in [0.2, 0.25) is 0 Å². The van der Waals surface area contributed by atoms with E-state index < -0.39 is 9.84 Å². The summed E-state index contributed by atoms with van der Waals surface area (Å²) in [5.74, 6) is 1.19. The van der Waals surface area contributed by atoms with Crippen molar-refractivity contribution >= 4 is 15.9 Å². The Kier molecular flexibility index (Phi) is 5.47. The van der Waals surface area contributed by atoms with Crippen LogP contribution in [0.3, 0.4) is 0 Å². The zero-order valence-electron chi connectivity index (χ0n) is 12.9. The third-order valence-electron chi connectivity index (χ3n) is 3.83. The molecule has 2 atom stereocenters. The average Bonchev–Trinajstić information content (AvgIpc) is 3.06. The minimum atomic E-state index is -2.90. The lowest BCUT2D eigenvalue weighted by Crippen LogP contribution is -2.42. The first kappa shape index (κ1) is 16.8. The maximum Gasteiger partial charge on any atom is 0.314 e. The molecular weight excluding hydrogens is 306 g/mol. The predicted octanol–water partition coefficient (Wildman–Crippen LogP) is 0.616. The van der Waals surface area contributed by atoms with E-state index >= 15 is 0 Å². The van der Waals surface area contributed by atoms with Gasteiger partial charge in [-0.25, -0.2) is 13.2 Å². The lowest BCUT2D eigenvalue weighted by Gasteiger charge is -2.22. The predicted molar refractivity (Wildman–Crippen MR) is 83.3 cm³/mol. The Bertz CT molecular complexity index is 583. The monoisotopic (exact) mass is 329 g/mol. The molecule has 1 aromatic rings. The first-order valence-electron chi connectivity index (χ1n) is 7.29. The van der Waals surface area contributed by atoms with Gasteiger partial charge in [-0.15, -0.1) is 0 Å². The molecule has 0 radical (unpaired) electrons. The number of sulfone groups is 1. The largest absolute Gasteiger partial charge is 0.468 e. The zero-order valence-corrected chi connectivity index (χ0v) is 13.7. The highest BCUT2D eigenvalue weighted by atomic mass is 32.2. The summed E-state index contributed by atoms with van der Waals surface area (Å²) in [4.78, 5) is 13.8. The summed E-state index contributed by atoms with van der Waals surface area (Å²) in [6.07, 6.45) is 2.22. The quantitative estimate of drug-likeness (QED) is 0.798. The minimum absolute atomic E-state index is 0.0190. The molecule has 0 saturated carbocycles. The topological polar surface area (TPSA) is 91.7 Å². The highest BCUT2D eigenvalue weighted by Crippen LogP contribution is 2.18. The molecule has 0 unspecified atom stereocenters. The Balaban J connectivity index is 1.75. The SMILES string of the molecule is CN(C)[C@@H](CNC(=O)NC[C@@H]1CCS(=O)(=O)C1)c1ccco1. The number of carbonyl (C=O) groups is 1. The summed E-state index contributed by atoms with van der Waals surface area (Å²) in [6, 6.07) is 3.34. The summed E-state index contributed by atoms with van der Waals surface area (Å²) in [6.45, 7) is 0.799. The van der Waals surface area contributed by atoms with Crippen molar-refractivity contribution < 1.29 is 17.6 Å². The normalized spacial score (nSPS) is 21.7. The van der Waals surface area contributed by atoms with E-state index in [1.807, 2.05) is 31.1 Å². The molecule has 1 aliphatic rings. The van der Waals surface area contributed by atoms with Crippen molar-refractivity contribution in [1.82, 2.24) is 15.5 Å². The van der Waals surface area contributed by atoms with E-state index in [1.54, 1.807) is 6.26 Å². The second-order valence-electron chi connectivity index (χ2n) is 5.85. The fraction of sp³-hybridized carbons (Fsp3) is 0.643. The van der Waals surface area contributed by atoms with E-state index in [4.69, 9.17) is 4.42 Å². The molecule has 2 N–H and O–H groups in total.